The Hall–Kier alpha value is -1.83. The van der Waals surface area contributed by atoms with E-state index in [1.807, 2.05) is 36.9 Å². The van der Waals surface area contributed by atoms with Crippen molar-refractivity contribution < 1.29 is 19.4 Å². The molecule has 1 aromatic carbocycles. The van der Waals surface area contributed by atoms with Crippen LogP contribution in [0.3, 0.4) is 0 Å². The maximum absolute atomic E-state index is 12.7. The van der Waals surface area contributed by atoms with Gasteiger partial charge in [-0.3, -0.25) is 9.59 Å². The topological polar surface area (TPSA) is 61.5 Å². The fourth-order valence-corrected chi connectivity index (χ4v) is 4.38. The van der Waals surface area contributed by atoms with Crippen LogP contribution in [0.2, 0.25) is 5.02 Å². The highest BCUT2D eigenvalue weighted by atomic mass is 35.5. The number of piperazine rings is 2. The van der Waals surface area contributed by atoms with E-state index in [0.717, 1.165) is 63.1 Å². The third-order valence-electron chi connectivity index (χ3n) is 5.75. The van der Waals surface area contributed by atoms with Crippen LogP contribution in [0.1, 0.15) is 13.8 Å². The SMILES string of the molecule is CC(C)NC(=O)C[NH+]1CCN(C(=O)C[NH+]2CCN(c3ccccc3Cl)CC2)CC1. The standard InChI is InChI=1S/C21H32ClN5O2/c1-17(2)23-20(28)15-24-9-13-27(14-10-24)21(29)16-25-7-11-26(12-8-25)19-6-4-3-5-18(19)22/h3-6,17H,7-16H2,1-2H3,(H,23,28)/p+2. The quantitative estimate of drug-likeness (QED) is 0.511. The van der Waals surface area contributed by atoms with Crippen molar-refractivity contribution in [2.45, 2.75) is 19.9 Å². The Morgan fingerprint density at radius 1 is 1.00 bits per heavy atom. The van der Waals surface area contributed by atoms with Gasteiger partial charge in [0.05, 0.1) is 63.1 Å². The van der Waals surface area contributed by atoms with E-state index < -0.39 is 0 Å². The summed E-state index contributed by atoms with van der Waals surface area (Å²) < 4.78 is 0. The zero-order valence-corrected chi connectivity index (χ0v) is 18.3. The predicted octanol–water partition coefficient (Wildman–Crippen LogP) is -1.70. The number of hydrogen-bond acceptors (Lipinski definition) is 3. The van der Waals surface area contributed by atoms with Crippen LogP contribution in [0.15, 0.2) is 24.3 Å². The number of nitrogens with zero attached hydrogens (tertiary/aromatic N) is 2. The number of rotatable bonds is 6. The van der Waals surface area contributed by atoms with Crippen molar-refractivity contribution in [3.8, 4) is 0 Å². The van der Waals surface area contributed by atoms with Crippen molar-refractivity contribution in [1.29, 1.82) is 0 Å². The van der Waals surface area contributed by atoms with Gasteiger partial charge in [-0.2, -0.15) is 0 Å². The summed E-state index contributed by atoms with van der Waals surface area (Å²) in [6.45, 7) is 11.9. The number of carbonyl (C=O) groups is 2. The van der Waals surface area contributed by atoms with E-state index in [1.165, 1.54) is 9.80 Å². The summed E-state index contributed by atoms with van der Waals surface area (Å²) in [5.41, 5.74) is 1.08. The summed E-state index contributed by atoms with van der Waals surface area (Å²) in [7, 11) is 0. The molecule has 3 rings (SSSR count). The second-order valence-electron chi connectivity index (χ2n) is 8.40. The van der Waals surface area contributed by atoms with Gasteiger partial charge in [0.2, 0.25) is 0 Å². The minimum Gasteiger partial charge on any atom is -0.359 e. The Balaban J connectivity index is 1.38. The molecule has 0 aliphatic carbocycles. The number of halogens is 1. The molecule has 0 saturated carbocycles. The number of anilines is 1. The van der Waals surface area contributed by atoms with Crippen molar-refractivity contribution in [1.82, 2.24) is 10.2 Å². The molecule has 0 bridgehead atoms. The first-order valence-electron chi connectivity index (χ1n) is 10.7. The molecule has 0 spiro atoms. The average Bonchev–Trinajstić information content (AvgIpc) is 2.69. The molecule has 8 heteroatoms. The van der Waals surface area contributed by atoms with Crippen molar-refractivity contribution >= 4 is 29.1 Å². The fourth-order valence-electron chi connectivity index (χ4n) is 4.12. The van der Waals surface area contributed by atoms with Crippen LogP contribution >= 0.6 is 11.6 Å². The lowest BCUT2D eigenvalue weighted by Crippen LogP contribution is -3.17. The van der Waals surface area contributed by atoms with Gasteiger partial charge in [0.15, 0.2) is 13.1 Å². The first kappa shape index (κ1) is 21.9. The van der Waals surface area contributed by atoms with E-state index in [9.17, 15) is 9.59 Å². The molecule has 2 aliphatic rings. The minimum absolute atomic E-state index is 0.0932. The Labute approximate surface area is 178 Å². The van der Waals surface area contributed by atoms with Crippen molar-refractivity contribution in [3.63, 3.8) is 0 Å². The van der Waals surface area contributed by atoms with E-state index in [0.29, 0.717) is 13.1 Å². The normalized spacial score (nSPS) is 18.9. The Morgan fingerprint density at radius 2 is 1.59 bits per heavy atom. The first-order valence-corrected chi connectivity index (χ1v) is 11.0. The zero-order chi connectivity index (χ0) is 20.8. The molecule has 2 amide bonds. The first-order chi connectivity index (χ1) is 13.9. The maximum atomic E-state index is 12.7. The van der Waals surface area contributed by atoms with E-state index in [1.54, 1.807) is 0 Å². The number of carbonyl (C=O) groups excluding carboxylic acids is 2. The largest absolute Gasteiger partial charge is 0.359 e. The molecular formula is C21H34ClN5O2+2. The van der Waals surface area contributed by atoms with Crippen LogP contribution in [0.5, 0.6) is 0 Å². The monoisotopic (exact) mass is 423 g/mol. The Kier molecular flexibility index (Phi) is 7.75. The molecular weight excluding hydrogens is 390 g/mol. The zero-order valence-electron chi connectivity index (χ0n) is 17.5. The molecule has 0 radical (unpaired) electrons. The molecule has 2 aliphatic heterocycles. The molecule has 0 aromatic heterocycles. The van der Waals surface area contributed by atoms with Gasteiger partial charge in [-0.1, -0.05) is 23.7 Å². The maximum Gasteiger partial charge on any atom is 0.278 e. The molecule has 2 saturated heterocycles. The van der Waals surface area contributed by atoms with Gasteiger partial charge in [0, 0.05) is 6.04 Å². The smallest absolute Gasteiger partial charge is 0.278 e. The van der Waals surface area contributed by atoms with Gasteiger partial charge in [-0.05, 0) is 26.0 Å². The van der Waals surface area contributed by atoms with Gasteiger partial charge < -0.3 is 24.9 Å². The van der Waals surface area contributed by atoms with Gasteiger partial charge in [0.1, 0.15) is 0 Å². The summed E-state index contributed by atoms with van der Waals surface area (Å²) in [4.78, 5) is 31.5. The highest BCUT2D eigenvalue weighted by Gasteiger charge is 2.29. The summed E-state index contributed by atoms with van der Waals surface area (Å²) in [5.74, 6) is 0.326. The van der Waals surface area contributed by atoms with Crippen LogP contribution in [0, 0.1) is 0 Å². The minimum atomic E-state index is 0.0932. The molecule has 0 unspecified atom stereocenters. The molecule has 29 heavy (non-hydrogen) atoms. The van der Waals surface area contributed by atoms with Gasteiger partial charge in [-0.25, -0.2) is 0 Å². The number of para-hydroxylation sites is 1. The lowest BCUT2D eigenvalue weighted by atomic mass is 10.2. The van der Waals surface area contributed by atoms with Gasteiger partial charge in [-0.15, -0.1) is 0 Å². The highest BCUT2D eigenvalue weighted by molar-refractivity contribution is 6.33. The van der Waals surface area contributed by atoms with Crippen LogP contribution in [0.4, 0.5) is 5.69 Å². The number of quaternary nitrogens is 2. The van der Waals surface area contributed by atoms with Crippen LogP contribution in [-0.2, 0) is 9.59 Å². The number of amides is 2. The second-order valence-corrected chi connectivity index (χ2v) is 8.80. The lowest BCUT2D eigenvalue weighted by molar-refractivity contribution is -0.898. The van der Waals surface area contributed by atoms with Gasteiger partial charge >= 0.3 is 0 Å². The molecule has 3 N–H and O–H groups in total. The van der Waals surface area contributed by atoms with Crippen LogP contribution in [-0.4, -0.2) is 88.2 Å². The molecule has 0 atom stereocenters. The Bertz CT molecular complexity index is 698. The van der Waals surface area contributed by atoms with Crippen molar-refractivity contribution in [2.24, 2.45) is 0 Å². The van der Waals surface area contributed by atoms with E-state index in [2.05, 4.69) is 16.3 Å². The van der Waals surface area contributed by atoms with E-state index in [-0.39, 0.29) is 17.9 Å². The Morgan fingerprint density at radius 3 is 2.21 bits per heavy atom. The molecule has 2 fully saturated rings. The second kappa shape index (κ2) is 10.3. The third-order valence-corrected chi connectivity index (χ3v) is 6.07. The van der Waals surface area contributed by atoms with Crippen LogP contribution in [0.25, 0.3) is 0 Å². The molecule has 1 aromatic rings. The number of benzene rings is 1. The third kappa shape index (κ3) is 6.32. The van der Waals surface area contributed by atoms with E-state index >= 15 is 0 Å². The predicted molar refractivity (Wildman–Crippen MR) is 115 cm³/mol. The van der Waals surface area contributed by atoms with Crippen molar-refractivity contribution in [2.75, 3.05) is 70.3 Å². The fraction of sp³-hybridized carbons (Fsp3) is 0.619. The lowest BCUT2D eigenvalue weighted by Gasteiger charge is -2.36. The molecule has 2 heterocycles. The highest BCUT2D eigenvalue weighted by Crippen LogP contribution is 2.24. The van der Waals surface area contributed by atoms with Crippen LogP contribution < -0.4 is 20.0 Å². The van der Waals surface area contributed by atoms with Crippen molar-refractivity contribution in [3.05, 3.63) is 29.3 Å². The molecule has 7 nitrogen and oxygen atoms in total. The summed E-state index contributed by atoms with van der Waals surface area (Å²) >= 11 is 6.31. The number of hydrogen-bond donors (Lipinski definition) is 3. The average molecular weight is 424 g/mol. The summed E-state index contributed by atoms with van der Waals surface area (Å²) in [6, 6.07) is 8.11. The molecule has 160 valence electrons. The van der Waals surface area contributed by atoms with E-state index in [4.69, 9.17) is 11.6 Å². The summed E-state index contributed by atoms with van der Waals surface area (Å²) in [5, 5.41) is 3.73. The number of nitrogens with one attached hydrogen (secondary N) is 3. The summed E-state index contributed by atoms with van der Waals surface area (Å²) in [6.07, 6.45) is 0. The van der Waals surface area contributed by atoms with Gasteiger partial charge in [0.25, 0.3) is 11.8 Å².